The normalized spacial score (nSPS) is 13.5. The summed E-state index contributed by atoms with van der Waals surface area (Å²) in [5, 5.41) is 10.7. The van der Waals surface area contributed by atoms with E-state index in [0.717, 1.165) is 11.3 Å². The molecule has 2 rings (SSSR count). The highest BCUT2D eigenvalue weighted by Crippen LogP contribution is 2.24. The van der Waals surface area contributed by atoms with Crippen LogP contribution >= 0.6 is 0 Å². The number of anilines is 1. The fraction of sp³-hybridized carbons (Fsp3) is 0.294. The minimum absolute atomic E-state index is 0.102. The Bertz CT molecular complexity index is 572. The van der Waals surface area contributed by atoms with E-state index in [1.165, 1.54) is 0 Å². The predicted molar refractivity (Wildman–Crippen MR) is 85.7 cm³/mol. The van der Waals surface area contributed by atoms with Crippen LogP contribution in [0.3, 0.4) is 0 Å². The van der Waals surface area contributed by atoms with Crippen LogP contribution in [0.4, 0.5) is 5.69 Å². The van der Waals surface area contributed by atoms with E-state index in [9.17, 15) is 5.11 Å². The van der Waals surface area contributed by atoms with Crippen molar-refractivity contribution < 1.29 is 9.84 Å². The molecule has 4 nitrogen and oxygen atoms in total. The standard InChI is InChI=1S/C17H22N2O2/c1-19(2)15-9-6-10-16(11-15)21-13-17(20,12-18)14-7-4-3-5-8-14/h3-11,20H,12-13,18H2,1-2H3. The van der Waals surface area contributed by atoms with Crippen LogP contribution in [0.5, 0.6) is 5.75 Å². The lowest BCUT2D eigenvalue weighted by atomic mass is 9.95. The van der Waals surface area contributed by atoms with Gasteiger partial charge in [-0.05, 0) is 17.7 Å². The number of nitrogens with two attached hydrogens (primary N) is 1. The Hall–Kier alpha value is -2.04. The minimum atomic E-state index is -1.19. The molecule has 0 radical (unpaired) electrons. The first kappa shape index (κ1) is 15.4. The van der Waals surface area contributed by atoms with Gasteiger partial charge < -0.3 is 20.5 Å². The monoisotopic (exact) mass is 286 g/mol. The highest BCUT2D eigenvalue weighted by atomic mass is 16.5. The SMILES string of the molecule is CN(C)c1cccc(OCC(O)(CN)c2ccccc2)c1. The molecular weight excluding hydrogens is 264 g/mol. The Morgan fingerprint density at radius 1 is 1.10 bits per heavy atom. The lowest BCUT2D eigenvalue weighted by molar-refractivity contribution is -0.00143. The quantitative estimate of drug-likeness (QED) is 0.852. The van der Waals surface area contributed by atoms with Crippen LogP contribution in [0.15, 0.2) is 54.6 Å². The maximum atomic E-state index is 10.7. The zero-order valence-electron chi connectivity index (χ0n) is 12.5. The summed E-state index contributed by atoms with van der Waals surface area (Å²) in [6.45, 7) is 0.217. The second-order valence-electron chi connectivity index (χ2n) is 5.28. The lowest BCUT2D eigenvalue weighted by Gasteiger charge is -2.27. The molecule has 0 aromatic heterocycles. The molecule has 0 saturated carbocycles. The molecule has 2 aromatic rings. The Labute approximate surface area is 125 Å². The number of ether oxygens (including phenoxy) is 1. The summed E-state index contributed by atoms with van der Waals surface area (Å²) in [7, 11) is 3.94. The molecule has 112 valence electrons. The van der Waals surface area contributed by atoms with Crippen LogP contribution < -0.4 is 15.4 Å². The van der Waals surface area contributed by atoms with E-state index in [0.29, 0.717) is 5.75 Å². The molecule has 3 N–H and O–H groups in total. The predicted octanol–water partition coefficient (Wildman–Crippen LogP) is 1.98. The van der Waals surface area contributed by atoms with Crippen LogP contribution in [-0.4, -0.2) is 32.4 Å². The van der Waals surface area contributed by atoms with Crippen LogP contribution in [0.1, 0.15) is 5.56 Å². The molecule has 0 spiro atoms. The summed E-state index contributed by atoms with van der Waals surface area (Å²) in [6.07, 6.45) is 0. The molecule has 0 heterocycles. The van der Waals surface area contributed by atoms with E-state index in [1.54, 1.807) is 0 Å². The molecule has 0 amide bonds. The zero-order chi connectivity index (χ0) is 15.3. The summed E-state index contributed by atoms with van der Waals surface area (Å²) in [5.41, 5.74) is 6.36. The van der Waals surface area contributed by atoms with Crippen LogP contribution in [-0.2, 0) is 5.60 Å². The second-order valence-corrected chi connectivity index (χ2v) is 5.28. The third-order valence-electron chi connectivity index (χ3n) is 3.46. The molecule has 0 bridgehead atoms. The Balaban J connectivity index is 2.12. The van der Waals surface area contributed by atoms with Crippen molar-refractivity contribution in [1.29, 1.82) is 0 Å². The molecule has 0 aliphatic carbocycles. The van der Waals surface area contributed by atoms with Gasteiger partial charge in [0.1, 0.15) is 18.0 Å². The van der Waals surface area contributed by atoms with Crippen molar-refractivity contribution in [3.05, 3.63) is 60.2 Å². The van der Waals surface area contributed by atoms with E-state index < -0.39 is 5.60 Å². The molecule has 0 saturated heterocycles. The van der Waals surface area contributed by atoms with Crippen molar-refractivity contribution in [2.24, 2.45) is 5.73 Å². The summed E-state index contributed by atoms with van der Waals surface area (Å²) in [4.78, 5) is 2.00. The van der Waals surface area contributed by atoms with Gasteiger partial charge in [0.05, 0.1) is 0 Å². The van der Waals surface area contributed by atoms with Gasteiger partial charge in [-0.2, -0.15) is 0 Å². The van der Waals surface area contributed by atoms with Crippen molar-refractivity contribution in [3.8, 4) is 5.75 Å². The minimum Gasteiger partial charge on any atom is -0.490 e. The average molecular weight is 286 g/mol. The molecule has 1 unspecified atom stereocenters. The lowest BCUT2D eigenvalue weighted by Crippen LogP contribution is -2.40. The summed E-state index contributed by atoms with van der Waals surface area (Å²) >= 11 is 0. The van der Waals surface area contributed by atoms with E-state index >= 15 is 0 Å². The highest BCUT2D eigenvalue weighted by molar-refractivity contribution is 5.49. The van der Waals surface area contributed by atoms with E-state index in [1.807, 2.05) is 73.6 Å². The van der Waals surface area contributed by atoms with Crippen molar-refractivity contribution in [2.45, 2.75) is 5.60 Å². The molecule has 21 heavy (non-hydrogen) atoms. The Morgan fingerprint density at radius 2 is 1.81 bits per heavy atom. The molecular formula is C17H22N2O2. The Morgan fingerprint density at radius 3 is 2.43 bits per heavy atom. The third kappa shape index (κ3) is 3.74. The van der Waals surface area contributed by atoms with Crippen molar-refractivity contribution in [1.82, 2.24) is 0 Å². The second kappa shape index (κ2) is 6.61. The maximum absolute atomic E-state index is 10.7. The summed E-state index contributed by atoms with van der Waals surface area (Å²) in [6, 6.07) is 17.1. The number of aliphatic hydroxyl groups is 1. The fourth-order valence-electron chi connectivity index (χ4n) is 2.06. The van der Waals surface area contributed by atoms with Gasteiger partial charge in [0.15, 0.2) is 0 Å². The number of hydrogen-bond donors (Lipinski definition) is 2. The summed E-state index contributed by atoms with van der Waals surface area (Å²) < 4.78 is 5.75. The first-order valence-corrected chi connectivity index (χ1v) is 6.93. The number of nitrogens with zero attached hydrogens (tertiary/aromatic N) is 1. The number of benzene rings is 2. The number of hydrogen-bond acceptors (Lipinski definition) is 4. The topological polar surface area (TPSA) is 58.7 Å². The van der Waals surface area contributed by atoms with Gasteiger partial charge in [0.25, 0.3) is 0 Å². The van der Waals surface area contributed by atoms with Crippen molar-refractivity contribution >= 4 is 5.69 Å². The zero-order valence-corrected chi connectivity index (χ0v) is 12.5. The number of rotatable bonds is 6. The van der Waals surface area contributed by atoms with E-state index in [2.05, 4.69) is 0 Å². The van der Waals surface area contributed by atoms with Gasteiger partial charge in [-0.15, -0.1) is 0 Å². The molecule has 2 aromatic carbocycles. The van der Waals surface area contributed by atoms with E-state index in [-0.39, 0.29) is 13.2 Å². The molecule has 0 aliphatic rings. The smallest absolute Gasteiger partial charge is 0.136 e. The molecule has 1 atom stereocenters. The van der Waals surface area contributed by atoms with Crippen LogP contribution in [0, 0.1) is 0 Å². The fourth-order valence-corrected chi connectivity index (χ4v) is 2.06. The summed E-state index contributed by atoms with van der Waals surface area (Å²) in [5.74, 6) is 0.712. The first-order valence-electron chi connectivity index (χ1n) is 6.93. The highest BCUT2D eigenvalue weighted by Gasteiger charge is 2.28. The van der Waals surface area contributed by atoms with E-state index in [4.69, 9.17) is 10.5 Å². The van der Waals surface area contributed by atoms with Gasteiger partial charge in [-0.1, -0.05) is 36.4 Å². The maximum Gasteiger partial charge on any atom is 0.136 e. The van der Waals surface area contributed by atoms with Crippen LogP contribution in [0.25, 0.3) is 0 Å². The Kier molecular flexibility index (Phi) is 4.83. The van der Waals surface area contributed by atoms with Gasteiger partial charge in [-0.3, -0.25) is 0 Å². The molecule has 4 heteroatoms. The first-order chi connectivity index (χ1) is 10.0. The largest absolute Gasteiger partial charge is 0.490 e. The molecule has 0 aliphatic heterocycles. The van der Waals surface area contributed by atoms with Crippen LogP contribution in [0.2, 0.25) is 0 Å². The van der Waals surface area contributed by atoms with Crippen molar-refractivity contribution in [3.63, 3.8) is 0 Å². The molecule has 0 fully saturated rings. The third-order valence-corrected chi connectivity index (χ3v) is 3.46. The van der Waals surface area contributed by atoms with Gasteiger partial charge in [-0.25, -0.2) is 0 Å². The van der Waals surface area contributed by atoms with Gasteiger partial charge in [0, 0.05) is 32.4 Å². The van der Waals surface area contributed by atoms with Gasteiger partial charge in [0.2, 0.25) is 0 Å². The van der Waals surface area contributed by atoms with Crippen molar-refractivity contribution in [2.75, 3.05) is 32.1 Å². The average Bonchev–Trinajstić information content (AvgIpc) is 2.53. The van der Waals surface area contributed by atoms with Gasteiger partial charge >= 0.3 is 0 Å².